The average Bonchev–Trinajstić information content (AvgIpc) is 2.76. The van der Waals surface area contributed by atoms with Crippen molar-refractivity contribution >= 4 is 11.9 Å². The maximum atomic E-state index is 11.5. The smallest absolute Gasteiger partial charge is 0.333 e. The molecule has 0 amide bonds. The second-order valence-electron chi connectivity index (χ2n) is 7.38. The highest BCUT2D eigenvalue weighted by Gasteiger charge is 2.13. The van der Waals surface area contributed by atoms with Gasteiger partial charge in [0.1, 0.15) is 5.75 Å². The van der Waals surface area contributed by atoms with Crippen LogP contribution in [-0.4, -0.2) is 43.5 Å². The number of hydrogen-bond acceptors (Lipinski definition) is 6. The molecule has 0 aliphatic heterocycles. The first-order valence-corrected chi connectivity index (χ1v) is 11.3. The summed E-state index contributed by atoms with van der Waals surface area (Å²) in [7, 11) is 0. The summed E-state index contributed by atoms with van der Waals surface area (Å²) in [5, 5.41) is 9.08. The Labute approximate surface area is 193 Å². The summed E-state index contributed by atoms with van der Waals surface area (Å²) in [5.74, 6) is 0.0267. The molecule has 0 spiro atoms. The number of carbonyl (C=O) groups excluding carboxylic acids is 2. The van der Waals surface area contributed by atoms with E-state index >= 15 is 0 Å². The summed E-state index contributed by atoms with van der Waals surface area (Å²) < 4.78 is 16.3. The number of aryl methyl sites for hydroxylation is 3. The molecule has 1 rings (SSSR count). The molecular formula is C26H40O6. The molecule has 1 aromatic rings. The zero-order chi connectivity index (χ0) is 24.5. The Morgan fingerprint density at radius 2 is 1.28 bits per heavy atom. The van der Waals surface area contributed by atoms with Crippen LogP contribution in [0.1, 0.15) is 63.6 Å². The van der Waals surface area contributed by atoms with Gasteiger partial charge in [-0.05, 0) is 57.6 Å². The molecular weight excluding hydrogens is 408 g/mol. The lowest BCUT2D eigenvalue weighted by molar-refractivity contribution is -0.139. The van der Waals surface area contributed by atoms with Gasteiger partial charge in [-0.3, -0.25) is 0 Å². The fourth-order valence-corrected chi connectivity index (χ4v) is 2.83. The van der Waals surface area contributed by atoms with Gasteiger partial charge >= 0.3 is 11.9 Å². The molecule has 1 aromatic carbocycles. The Hall–Kier alpha value is -2.60. The molecule has 0 fully saturated rings. The Bertz CT molecular complexity index is 696. The molecule has 6 heteroatoms. The second kappa shape index (κ2) is 17.0. The van der Waals surface area contributed by atoms with E-state index in [-0.39, 0.29) is 18.5 Å². The summed E-state index contributed by atoms with van der Waals surface area (Å²) in [6, 6.07) is 4.14. The van der Waals surface area contributed by atoms with Crippen LogP contribution in [0.3, 0.4) is 0 Å². The van der Waals surface area contributed by atoms with Crippen LogP contribution in [0.4, 0.5) is 0 Å². The quantitative estimate of drug-likeness (QED) is 0.248. The molecule has 1 N–H and O–H groups in total. The first-order chi connectivity index (χ1) is 15.3. The van der Waals surface area contributed by atoms with Gasteiger partial charge < -0.3 is 19.3 Å². The average molecular weight is 449 g/mol. The maximum absolute atomic E-state index is 11.5. The van der Waals surface area contributed by atoms with Crippen LogP contribution in [0, 0.1) is 6.92 Å². The first kappa shape index (κ1) is 29.4. The third kappa shape index (κ3) is 11.7. The van der Waals surface area contributed by atoms with Crippen molar-refractivity contribution in [1.82, 2.24) is 0 Å². The molecule has 0 heterocycles. The van der Waals surface area contributed by atoms with Gasteiger partial charge in [0.2, 0.25) is 0 Å². The van der Waals surface area contributed by atoms with E-state index in [1.165, 1.54) is 0 Å². The number of hydrogen-bond donors (Lipinski definition) is 1. The molecule has 0 bridgehead atoms. The minimum atomic E-state index is -0.386. The second-order valence-corrected chi connectivity index (χ2v) is 7.38. The fourth-order valence-electron chi connectivity index (χ4n) is 2.83. The minimum Gasteiger partial charge on any atom is -0.493 e. The number of benzene rings is 1. The predicted octanol–water partition coefficient (Wildman–Crippen LogP) is 4.89. The van der Waals surface area contributed by atoms with Crippen molar-refractivity contribution < 1.29 is 28.9 Å². The van der Waals surface area contributed by atoms with Gasteiger partial charge in [-0.2, -0.15) is 0 Å². The topological polar surface area (TPSA) is 82.1 Å². The Kier molecular flexibility index (Phi) is 15.6. The summed E-state index contributed by atoms with van der Waals surface area (Å²) in [5.41, 5.74) is 3.94. The van der Waals surface area contributed by atoms with E-state index in [4.69, 9.17) is 19.3 Å². The molecule has 0 saturated heterocycles. The van der Waals surface area contributed by atoms with Crippen LogP contribution in [0.2, 0.25) is 0 Å². The largest absolute Gasteiger partial charge is 0.493 e. The van der Waals surface area contributed by atoms with E-state index in [2.05, 4.69) is 25.3 Å². The number of aliphatic hydroxyl groups excluding tert-OH is 1. The fraction of sp³-hybridized carbons (Fsp3) is 0.538. The van der Waals surface area contributed by atoms with Crippen molar-refractivity contribution in [2.24, 2.45) is 0 Å². The number of carbonyl (C=O) groups is 2. The van der Waals surface area contributed by atoms with Gasteiger partial charge in [0.15, 0.2) is 0 Å². The molecule has 0 aliphatic rings. The number of ether oxygens (including phenoxy) is 3. The monoisotopic (exact) mass is 448 g/mol. The minimum absolute atomic E-state index is 0.0598. The van der Waals surface area contributed by atoms with Crippen molar-refractivity contribution in [3.8, 4) is 5.75 Å². The molecule has 0 atom stereocenters. The zero-order valence-corrected chi connectivity index (χ0v) is 20.4. The van der Waals surface area contributed by atoms with Gasteiger partial charge in [0, 0.05) is 24.2 Å². The van der Waals surface area contributed by atoms with Crippen LogP contribution in [0.25, 0.3) is 0 Å². The van der Waals surface area contributed by atoms with E-state index in [9.17, 15) is 9.59 Å². The van der Waals surface area contributed by atoms with E-state index < -0.39 is 0 Å². The van der Waals surface area contributed by atoms with Crippen LogP contribution in [0.15, 0.2) is 36.4 Å². The summed E-state index contributed by atoms with van der Waals surface area (Å²) in [4.78, 5) is 23.1. The van der Waals surface area contributed by atoms with Gasteiger partial charge in [-0.15, -0.1) is 0 Å². The highest BCUT2D eigenvalue weighted by atomic mass is 16.5. The van der Waals surface area contributed by atoms with Crippen LogP contribution >= 0.6 is 0 Å². The highest BCUT2D eigenvalue weighted by Crippen LogP contribution is 2.29. The molecule has 0 aromatic heterocycles. The molecule has 32 heavy (non-hydrogen) atoms. The van der Waals surface area contributed by atoms with Gasteiger partial charge in [-0.25, -0.2) is 9.59 Å². The highest BCUT2D eigenvalue weighted by molar-refractivity contribution is 5.87. The molecule has 0 radical (unpaired) electrons. The lowest BCUT2D eigenvalue weighted by Gasteiger charge is -2.17. The van der Waals surface area contributed by atoms with Crippen molar-refractivity contribution in [2.45, 2.75) is 66.7 Å². The van der Waals surface area contributed by atoms with Crippen molar-refractivity contribution in [3.63, 3.8) is 0 Å². The normalized spacial score (nSPS) is 9.94. The van der Waals surface area contributed by atoms with E-state index in [1.54, 1.807) is 13.8 Å². The summed E-state index contributed by atoms with van der Waals surface area (Å²) in [6.07, 6.45) is 3.25. The van der Waals surface area contributed by atoms with E-state index in [0.29, 0.717) is 63.1 Å². The maximum Gasteiger partial charge on any atom is 0.333 e. The van der Waals surface area contributed by atoms with E-state index in [1.807, 2.05) is 20.8 Å². The SMILES string of the molecule is C=C(C)C(=O)OCCCc1cc(C)cc(CCCOC(=O)C(=C)C)c1OCCCO.CC. The molecule has 180 valence electrons. The number of aliphatic hydroxyl groups is 1. The van der Waals surface area contributed by atoms with Gasteiger partial charge in [-0.1, -0.05) is 44.7 Å². The van der Waals surface area contributed by atoms with Crippen molar-refractivity contribution in [3.05, 3.63) is 53.1 Å². The lowest BCUT2D eigenvalue weighted by Crippen LogP contribution is -2.10. The van der Waals surface area contributed by atoms with Gasteiger partial charge in [0.25, 0.3) is 0 Å². The lowest BCUT2D eigenvalue weighted by atomic mass is 9.98. The molecule has 0 aliphatic carbocycles. The molecule has 0 saturated carbocycles. The summed E-state index contributed by atoms with van der Waals surface area (Å²) in [6.45, 7) is 17.5. The standard InChI is InChI=1S/C24H34O6.C2H6/c1-17(2)23(26)29-12-6-9-20-15-19(5)16-21(22(20)28-14-8-11-25)10-7-13-30-24(27)18(3)4;1-2/h15-16,25H,1,3,6-14H2,2,4-5H3;1-2H3. The summed E-state index contributed by atoms with van der Waals surface area (Å²) >= 11 is 0. The Morgan fingerprint density at radius 3 is 1.66 bits per heavy atom. The third-order valence-electron chi connectivity index (χ3n) is 4.28. The van der Waals surface area contributed by atoms with Crippen molar-refractivity contribution in [2.75, 3.05) is 26.4 Å². The van der Waals surface area contributed by atoms with Crippen LogP contribution in [-0.2, 0) is 31.9 Å². The molecule has 0 unspecified atom stereocenters. The van der Waals surface area contributed by atoms with Crippen LogP contribution in [0.5, 0.6) is 5.75 Å². The predicted molar refractivity (Wildman–Crippen MR) is 128 cm³/mol. The zero-order valence-electron chi connectivity index (χ0n) is 20.4. The Morgan fingerprint density at radius 1 is 0.844 bits per heavy atom. The van der Waals surface area contributed by atoms with Crippen LogP contribution < -0.4 is 4.74 Å². The van der Waals surface area contributed by atoms with Gasteiger partial charge in [0.05, 0.1) is 19.8 Å². The Balaban J connectivity index is 0.00000466. The molecule has 6 nitrogen and oxygen atoms in total. The number of esters is 2. The van der Waals surface area contributed by atoms with Crippen molar-refractivity contribution in [1.29, 1.82) is 0 Å². The first-order valence-electron chi connectivity index (χ1n) is 11.3. The number of rotatable bonds is 14. The van der Waals surface area contributed by atoms with E-state index in [0.717, 1.165) is 22.4 Å². The third-order valence-corrected chi connectivity index (χ3v) is 4.28.